The summed E-state index contributed by atoms with van der Waals surface area (Å²) in [6.45, 7) is 1.39. The van der Waals surface area contributed by atoms with Crippen molar-refractivity contribution in [1.29, 1.82) is 5.26 Å². The number of halogens is 3. The lowest BCUT2D eigenvalue weighted by Gasteiger charge is -2.26. The summed E-state index contributed by atoms with van der Waals surface area (Å²) in [7, 11) is 0. The van der Waals surface area contributed by atoms with Crippen LogP contribution in [0, 0.1) is 11.3 Å². The SMILES string of the molecule is C[C@](C#N)(C[C@H](O)C(F)(F)F)c1ccccc1. The molecular weight excluding hydrogens is 231 g/mol. The van der Waals surface area contributed by atoms with Crippen molar-refractivity contribution in [3.05, 3.63) is 35.9 Å². The molecule has 1 aromatic rings. The van der Waals surface area contributed by atoms with E-state index in [9.17, 15) is 13.2 Å². The van der Waals surface area contributed by atoms with Crippen LogP contribution >= 0.6 is 0 Å². The number of benzene rings is 1. The van der Waals surface area contributed by atoms with Gasteiger partial charge in [0.05, 0.1) is 11.5 Å². The number of rotatable bonds is 3. The molecule has 0 bridgehead atoms. The molecule has 2 nitrogen and oxygen atoms in total. The van der Waals surface area contributed by atoms with Crippen molar-refractivity contribution in [2.24, 2.45) is 0 Å². The molecule has 0 heterocycles. The van der Waals surface area contributed by atoms with E-state index in [0.29, 0.717) is 5.56 Å². The first-order chi connectivity index (χ1) is 7.79. The van der Waals surface area contributed by atoms with Crippen LogP contribution in [0.25, 0.3) is 0 Å². The van der Waals surface area contributed by atoms with Crippen molar-refractivity contribution >= 4 is 0 Å². The largest absolute Gasteiger partial charge is 0.414 e. The monoisotopic (exact) mass is 243 g/mol. The molecule has 0 aliphatic rings. The average molecular weight is 243 g/mol. The fourth-order valence-electron chi connectivity index (χ4n) is 1.54. The first kappa shape index (κ1) is 13.5. The minimum absolute atomic E-state index is 0.464. The molecule has 0 fully saturated rings. The average Bonchev–Trinajstić information content (AvgIpc) is 2.28. The highest BCUT2D eigenvalue weighted by Gasteiger charge is 2.43. The first-order valence-electron chi connectivity index (χ1n) is 5.01. The van der Waals surface area contributed by atoms with Gasteiger partial charge in [-0.1, -0.05) is 30.3 Å². The maximum atomic E-state index is 12.3. The van der Waals surface area contributed by atoms with E-state index in [1.54, 1.807) is 30.3 Å². The van der Waals surface area contributed by atoms with E-state index in [0.717, 1.165) is 0 Å². The smallest absolute Gasteiger partial charge is 0.384 e. The van der Waals surface area contributed by atoms with E-state index in [1.807, 2.05) is 6.07 Å². The molecule has 92 valence electrons. The summed E-state index contributed by atoms with van der Waals surface area (Å²) in [6, 6.07) is 9.99. The summed E-state index contributed by atoms with van der Waals surface area (Å²) in [6.07, 6.45) is -7.86. The minimum atomic E-state index is -4.70. The number of aliphatic hydroxyl groups is 1. The predicted octanol–water partition coefficient (Wildman–Crippen LogP) is 2.78. The molecule has 0 aromatic heterocycles. The van der Waals surface area contributed by atoms with Gasteiger partial charge >= 0.3 is 6.18 Å². The number of hydrogen-bond acceptors (Lipinski definition) is 2. The van der Waals surface area contributed by atoms with E-state index in [4.69, 9.17) is 10.4 Å². The lowest BCUT2D eigenvalue weighted by molar-refractivity contribution is -0.208. The Kier molecular flexibility index (Phi) is 3.79. The standard InChI is InChI=1S/C12H12F3NO/c1-11(8-16,7-10(17)12(13,14)15)9-5-3-2-4-6-9/h2-6,10,17H,7H2,1H3/t10-,11+/m0/s1. The van der Waals surface area contributed by atoms with Gasteiger partial charge in [0.1, 0.15) is 0 Å². The van der Waals surface area contributed by atoms with Crippen LogP contribution < -0.4 is 0 Å². The van der Waals surface area contributed by atoms with Crippen LogP contribution in [-0.2, 0) is 5.41 Å². The van der Waals surface area contributed by atoms with Gasteiger partial charge in [-0.3, -0.25) is 0 Å². The van der Waals surface area contributed by atoms with Crippen molar-refractivity contribution < 1.29 is 18.3 Å². The third kappa shape index (κ3) is 3.21. The third-order valence-corrected chi connectivity index (χ3v) is 2.64. The molecule has 17 heavy (non-hydrogen) atoms. The molecule has 0 aliphatic carbocycles. The molecule has 0 spiro atoms. The molecule has 0 amide bonds. The predicted molar refractivity (Wildman–Crippen MR) is 56.1 cm³/mol. The highest BCUT2D eigenvalue weighted by molar-refractivity contribution is 5.31. The first-order valence-corrected chi connectivity index (χ1v) is 5.01. The molecular formula is C12H12F3NO. The van der Waals surface area contributed by atoms with Crippen molar-refractivity contribution in [3.63, 3.8) is 0 Å². The Labute approximate surface area is 97.3 Å². The molecule has 5 heteroatoms. The molecule has 0 saturated carbocycles. The zero-order valence-corrected chi connectivity index (χ0v) is 9.20. The lowest BCUT2D eigenvalue weighted by atomic mass is 9.79. The summed E-state index contributed by atoms with van der Waals surface area (Å²) in [5.41, 5.74) is -0.887. The number of aliphatic hydroxyl groups excluding tert-OH is 1. The van der Waals surface area contributed by atoms with Crippen LogP contribution in [0.1, 0.15) is 18.9 Å². The molecule has 0 radical (unpaired) electrons. The Bertz CT molecular complexity index is 410. The maximum Gasteiger partial charge on any atom is 0.414 e. The number of nitriles is 1. The highest BCUT2D eigenvalue weighted by atomic mass is 19.4. The van der Waals surface area contributed by atoms with Gasteiger partial charge in [0.2, 0.25) is 0 Å². The molecule has 1 aromatic carbocycles. The van der Waals surface area contributed by atoms with E-state index < -0.39 is 24.1 Å². The maximum absolute atomic E-state index is 12.3. The zero-order valence-electron chi connectivity index (χ0n) is 9.20. The summed E-state index contributed by atoms with van der Waals surface area (Å²) < 4.78 is 36.8. The second kappa shape index (κ2) is 4.76. The van der Waals surface area contributed by atoms with Crippen molar-refractivity contribution in [3.8, 4) is 6.07 Å². The topological polar surface area (TPSA) is 44.0 Å². The molecule has 1 N–H and O–H groups in total. The molecule has 2 atom stereocenters. The Hall–Kier alpha value is -1.54. The molecule has 0 aliphatic heterocycles. The molecule has 1 rings (SSSR count). The highest BCUT2D eigenvalue weighted by Crippen LogP contribution is 2.33. The van der Waals surface area contributed by atoms with E-state index in [-0.39, 0.29) is 0 Å². The zero-order chi connectivity index (χ0) is 13.1. The van der Waals surface area contributed by atoms with Crippen molar-refractivity contribution in [2.75, 3.05) is 0 Å². The van der Waals surface area contributed by atoms with Crippen LogP contribution in [0.2, 0.25) is 0 Å². The second-order valence-electron chi connectivity index (χ2n) is 4.07. The van der Waals surface area contributed by atoms with Gasteiger partial charge in [0, 0.05) is 6.42 Å². The Morgan fingerprint density at radius 3 is 2.24 bits per heavy atom. The quantitative estimate of drug-likeness (QED) is 0.887. The van der Waals surface area contributed by atoms with E-state index in [1.165, 1.54) is 6.92 Å². The van der Waals surface area contributed by atoms with Gasteiger partial charge in [-0.05, 0) is 12.5 Å². The van der Waals surface area contributed by atoms with Crippen LogP contribution in [0.5, 0.6) is 0 Å². The number of nitrogens with zero attached hydrogens (tertiary/aromatic N) is 1. The second-order valence-corrected chi connectivity index (χ2v) is 4.07. The van der Waals surface area contributed by atoms with Crippen molar-refractivity contribution in [2.45, 2.75) is 31.0 Å². The van der Waals surface area contributed by atoms with E-state index in [2.05, 4.69) is 0 Å². The Morgan fingerprint density at radius 2 is 1.82 bits per heavy atom. The van der Waals surface area contributed by atoms with Gasteiger partial charge in [-0.25, -0.2) is 0 Å². The van der Waals surface area contributed by atoms with Crippen LogP contribution in [0.3, 0.4) is 0 Å². The Morgan fingerprint density at radius 1 is 1.29 bits per heavy atom. The Balaban J connectivity index is 2.96. The molecule has 0 unspecified atom stereocenters. The van der Waals surface area contributed by atoms with Crippen LogP contribution in [0.4, 0.5) is 13.2 Å². The van der Waals surface area contributed by atoms with Crippen molar-refractivity contribution in [1.82, 2.24) is 0 Å². The van der Waals surface area contributed by atoms with Gasteiger partial charge in [0.15, 0.2) is 6.10 Å². The summed E-state index contributed by atoms with van der Waals surface area (Å²) in [5.74, 6) is 0. The fraction of sp³-hybridized carbons (Fsp3) is 0.417. The lowest BCUT2D eigenvalue weighted by Crippen LogP contribution is -2.36. The van der Waals surface area contributed by atoms with E-state index >= 15 is 0 Å². The van der Waals surface area contributed by atoms with Gasteiger partial charge < -0.3 is 5.11 Å². The summed E-state index contributed by atoms with van der Waals surface area (Å²) in [4.78, 5) is 0. The van der Waals surface area contributed by atoms with Gasteiger partial charge in [-0.15, -0.1) is 0 Å². The summed E-state index contributed by atoms with van der Waals surface area (Å²) in [5, 5.41) is 18.1. The van der Waals surface area contributed by atoms with Crippen LogP contribution in [0.15, 0.2) is 30.3 Å². The minimum Gasteiger partial charge on any atom is -0.384 e. The fourth-order valence-corrected chi connectivity index (χ4v) is 1.54. The van der Waals surface area contributed by atoms with Gasteiger partial charge in [0.25, 0.3) is 0 Å². The van der Waals surface area contributed by atoms with Gasteiger partial charge in [-0.2, -0.15) is 18.4 Å². The molecule has 0 saturated heterocycles. The summed E-state index contributed by atoms with van der Waals surface area (Å²) >= 11 is 0. The van der Waals surface area contributed by atoms with Crippen LogP contribution in [-0.4, -0.2) is 17.4 Å². The number of hydrogen-bond donors (Lipinski definition) is 1. The number of alkyl halides is 3. The third-order valence-electron chi connectivity index (χ3n) is 2.64. The normalized spacial score (nSPS) is 16.9.